The van der Waals surface area contributed by atoms with Crippen molar-refractivity contribution in [2.24, 2.45) is 0 Å². The van der Waals surface area contributed by atoms with E-state index in [4.69, 9.17) is 0 Å². The quantitative estimate of drug-likeness (QED) is 0.545. The molecule has 1 aromatic heterocycles. The molecule has 0 amide bonds. The molecule has 4 N–H and O–H groups in total. The number of aliphatic hydroxyl groups is 1. The first kappa shape index (κ1) is 19.7. The maximum atomic E-state index is 11.6. The average Bonchev–Trinajstić information content (AvgIpc) is 2.91. The number of benzene rings is 2. The van der Waals surface area contributed by atoms with Crippen molar-refractivity contribution < 1.29 is 10.2 Å². The second kappa shape index (κ2) is 7.32. The van der Waals surface area contributed by atoms with Crippen LogP contribution in [0.1, 0.15) is 59.6 Å². The Morgan fingerprint density at radius 2 is 1.66 bits per heavy atom. The van der Waals surface area contributed by atoms with Crippen LogP contribution in [-0.2, 0) is 0 Å². The Balaban J connectivity index is 1.56. The van der Waals surface area contributed by atoms with E-state index in [0.29, 0.717) is 34.8 Å². The summed E-state index contributed by atoms with van der Waals surface area (Å²) in [5.74, 6) is 0.722. The molecule has 152 valence electrons. The van der Waals surface area contributed by atoms with Gasteiger partial charge in [-0.25, -0.2) is 0 Å². The minimum atomic E-state index is -0.754. The third-order valence-corrected chi connectivity index (χ3v) is 6.57. The lowest BCUT2D eigenvalue weighted by Gasteiger charge is -2.24. The fourth-order valence-corrected chi connectivity index (χ4v) is 4.73. The first-order chi connectivity index (χ1) is 13.8. The Labute approximate surface area is 170 Å². The van der Waals surface area contributed by atoms with Gasteiger partial charge < -0.3 is 20.5 Å². The number of aromatic hydroxyl groups is 1. The van der Waals surface area contributed by atoms with E-state index in [0.717, 1.165) is 0 Å². The fraction of sp³-hybridized carbons (Fsp3) is 0.375. The summed E-state index contributed by atoms with van der Waals surface area (Å²) in [5, 5.41) is 25.2. The molecular formula is C24H28N2O3. The van der Waals surface area contributed by atoms with E-state index in [1.807, 2.05) is 0 Å². The van der Waals surface area contributed by atoms with Crippen LogP contribution in [-0.4, -0.2) is 27.8 Å². The van der Waals surface area contributed by atoms with Gasteiger partial charge in [0.25, 0.3) is 0 Å². The first-order valence-corrected chi connectivity index (χ1v) is 10.1. The molecule has 3 aromatic rings. The van der Waals surface area contributed by atoms with Crippen molar-refractivity contribution in [3.8, 4) is 5.75 Å². The van der Waals surface area contributed by atoms with E-state index in [1.54, 1.807) is 12.1 Å². The van der Waals surface area contributed by atoms with Crippen molar-refractivity contribution in [3.05, 3.63) is 74.6 Å². The van der Waals surface area contributed by atoms with Crippen molar-refractivity contribution >= 4 is 10.9 Å². The molecule has 0 radical (unpaired) electrons. The predicted molar refractivity (Wildman–Crippen MR) is 116 cm³/mol. The van der Waals surface area contributed by atoms with Crippen LogP contribution in [0.25, 0.3) is 10.9 Å². The Bertz CT molecular complexity index is 1100. The van der Waals surface area contributed by atoms with E-state index >= 15 is 0 Å². The fourth-order valence-electron chi connectivity index (χ4n) is 4.73. The number of aliphatic hydroxyl groups excluding tert-OH is 1. The van der Waals surface area contributed by atoms with E-state index in [2.05, 4.69) is 50.1 Å². The number of H-pyrrole nitrogens is 1. The van der Waals surface area contributed by atoms with Gasteiger partial charge in [0.1, 0.15) is 5.75 Å². The summed E-state index contributed by atoms with van der Waals surface area (Å²) in [4.78, 5) is 14.3. The molecule has 1 aliphatic rings. The standard InChI is InChI=1S/C24H28N2O3/c1-12-9-18-14(3)23(15(4)19(18)10-13(12)2)25-11-21(28)16-5-7-20(27)24-17(16)6-8-22(29)26-24/h5-10,14-15,21,23,25,27-28H,11H2,1-4H3,(H,26,29)/t14?,15?,21-,23?/m0/s1. The summed E-state index contributed by atoms with van der Waals surface area (Å²) < 4.78 is 0. The molecule has 2 aromatic carbocycles. The summed E-state index contributed by atoms with van der Waals surface area (Å²) in [6.45, 7) is 9.17. The minimum Gasteiger partial charge on any atom is -0.506 e. The molecule has 3 atom stereocenters. The highest BCUT2D eigenvalue weighted by atomic mass is 16.3. The van der Waals surface area contributed by atoms with E-state index in [1.165, 1.54) is 34.4 Å². The van der Waals surface area contributed by atoms with Crippen LogP contribution in [0.15, 0.2) is 41.2 Å². The lowest BCUT2D eigenvalue weighted by molar-refractivity contribution is 0.168. The van der Waals surface area contributed by atoms with Gasteiger partial charge >= 0.3 is 0 Å². The topological polar surface area (TPSA) is 85.3 Å². The first-order valence-electron chi connectivity index (χ1n) is 10.1. The molecular weight excluding hydrogens is 364 g/mol. The van der Waals surface area contributed by atoms with Gasteiger partial charge in [0.15, 0.2) is 0 Å². The van der Waals surface area contributed by atoms with Crippen LogP contribution in [0.5, 0.6) is 5.75 Å². The van der Waals surface area contributed by atoms with Crippen LogP contribution < -0.4 is 10.9 Å². The van der Waals surface area contributed by atoms with Crippen molar-refractivity contribution in [1.82, 2.24) is 10.3 Å². The third-order valence-electron chi connectivity index (χ3n) is 6.57. The van der Waals surface area contributed by atoms with Gasteiger partial charge in [-0.3, -0.25) is 4.79 Å². The molecule has 5 nitrogen and oxygen atoms in total. The highest BCUT2D eigenvalue weighted by Crippen LogP contribution is 2.42. The van der Waals surface area contributed by atoms with Crippen LogP contribution in [0.2, 0.25) is 0 Å². The van der Waals surface area contributed by atoms with Crippen LogP contribution in [0.4, 0.5) is 0 Å². The smallest absolute Gasteiger partial charge is 0.248 e. The largest absolute Gasteiger partial charge is 0.506 e. The summed E-state index contributed by atoms with van der Waals surface area (Å²) in [6, 6.07) is 11.1. The molecule has 29 heavy (non-hydrogen) atoms. The number of phenolic OH excluding ortho intramolecular Hbond substituents is 1. The van der Waals surface area contributed by atoms with Crippen molar-refractivity contribution in [1.29, 1.82) is 0 Å². The van der Waals surface area contributed by atoms with Crippen molar-refractivity contribution in [2.45, 2.75) is 51.7 Å². The summed E-state index contributed by atoms with van der Waals surface area (Å²) in [6.07, 6.45) is -0.754. The summed E-state index contributed by atoms with van der Waals surface area (Å²) >= 11 is 0. The van der Waals surface area contributed by atoms with Gasteiger partial charge in [-0.05, 0) is 65.6 Å². The van der Waals surface area contributed by atoms with Gasteiger partial charge in [-0.2, -0.15) is 0 Å². The van der Waals surface area contributed by atoms with E-state index in [-0.39, 0.29) is 17.4 Å². The summed E-state index contributed by atoms with van der Waals surface area (Å²) in [5.41, 5.74) is 6.16. The number of fused-ring (bicyclic) bond motifs is 2. The van der Waals surface area contributed by atoms with Gasteiger partial charge in [0.05, 0.1) is 11.6 Å². The molecule has 5 heteroatoms. The Hall–Kier alpha value is -2.63. The molecule has 0 aliphatic heterocycles. The van der Waals surface area contributed by atoms with E-state index in [9.17, 15) is 15.0 Å². The van der Waals surface area contributed by atoms with Crippen LogP contribution >= 0.6 is 0 Å². The monoisotopic (exact) mass is 392 g/mol. The molecule has 0 saturated carbocycles. The number of phenols is 1. The zero-order valence-corrected chi connectivity index (χ0v) is 17.3. The lowest BCUT2D eigenvalue weighted by Crippen LogP contribution is -2.36. The Morgan fingerprint density at radius 1 is 1.03 bits per heavy atom. The lowest BCUT2D eigenvalue weighted by atomic mass is 9.96. The highest BCUT2D eigenvalue weighted by Gasteiger charge is 2.35. The Kier molecular flexibility index (Phi) is 4.97. The third kappa shape index (κ3) is 3.34. The normalized spacial score (nSPS) is 22.0. The molecule has 0 bridgehead atoms. The predicted octanol–water partition coefficient (Wildman–Crippen LogP) is 3.76. The average molecular weight is 392 g/mol. The van der Waals surface area contributed by atoms with Crippen molar-refractivity contribution in [3.63, 3.8) is 0 Å². The van der Waals surface area contributed by atoms with Crippen molar-refractivity contribution in [2.75, 3.05) is 6.54 Å². The minimum absolute atomic E-state index is 0.000774. The zero-order valence-electron chi connectivity index (χ0n) is 17.3. The molecule has 0 fully saturated rings. The van der Waals surface area contributed by atoms with Crippen LogP contribution in [0.3, 0.4) is 0 Å². The Morgan fingerprint density at radius 3 is 2.28 bits per heavy atom. The van der Waals surface area contributed by atoms with E-state index < -0.39 is 6.10 Å². The SMILES string of the molecule is Cc1cc2c(cc1C)C(C)C(NC[C@H](O)c1ccc(O)c3[nH]c(=O)ccc13)C2C. The van der Waals surface area contributed by atoms with Crippen LogP contribution in [0, 0.1) is 13.8 Å². The van der Waals surface area contributed by atoms with Gasteiger partial charge in [0, 0.05) is 24.0 Å². The number of hydrogen-bond donors (Lipinski definition) is 4. The molecule has 2 unspecified atom stereocenters. The number of pyridine rings is 1. The molecule has 0 spiro atoms. The second-order valence-corrected chi connectivity index (χ2v) is 8.38. The maximum Gasteiger partial charge on any atom is 0.248 e. The summed E-state index contributed by atoms with van der Waals surface area (Å²) in [7, 11) is 0. The number of nitrogens with one attached hydrogen (secondary N) is 2. The van der Waals surface area contributed by atoms with Gasteiger partial charge in [0.2, 0.25) is 5.56 Å². The number of rotatable bonds is 4. The molecule has 0 saturated heterocycles. The van der Waals surface area contributed by atoms with Gasteiger partial charge in [-0.15, -0.1) is 0 Å². The highest BCUT2D eigenvalue weighted by molar-refractivity contribution is 5.87. The molecule has 1 heterocycles. The van der Waals surface area contributed by atoms with Gasteiger partial charge in [-0.1, -0.05) is 32.0 Å². The number of aromatic nitrogens is 1. The number of aromatic amines is 1. The maximum absolute atomic E-state index is 11.6. The zero-order chi connectivity index (χ0) is 20.9. The number of aryl methyl sites for hydroxylation is 2. The molecule has 1 aliphatic carbocycles. The second-order valence-electron chi connectivity index (χ2n) is 8.38. The molecule has 4 rings (SSSR count). The number of hydrogen-bond acceptors (Lipinski definition) is 4.